The summed E-state index contributed by atoms with van der Waals surface area (Å²) in [5.41, 5.74) is -4.43. The van der Waals surface area contributed by atoms with Gasteiger partial charge in [-0.1, -0.05) is 12.1 Å². The molecular weight excluding hydrogens is 522 g/mol. The topological polar surface area (TPSA) is 192 Å². The molecule has 0 fully saturated rings. The van der Waals surface area contributed by atoms with E-state index in [4.69, 9.17) is 0 Å². The zero-order chi connectivity index (χ0) is 27.4. The Morgan fingerprint density at radius 1 is 0.711 bits per heavy atom. The molecule has 0 unspecified atom stereocenters. The van der Waals surface area contributed by atoms with Gasteiger partial charge < -0.3 is 0 Å². The predicted molar refractivity (Wildman–Crippen MR) is 129 cm³/mol. The Hall–Kier alpha value is -5.44. The van der Waals surface area contributed by atoms with Gasteiger partial charge in [-0.15, -0.1) is 4.68 Å². The van der Waals surface area contributed by atoms with Gasteiger partial charge in [-0.05, 0) is 48.5 Å². The number of nitrogens with one attached hydrogen (secondary N) is 1. The zero-order valence-electron chi connectivity index (χ0n) is 18.8. The third kappa shape index (κ3) is 3.65. The number of carbonyl (C=O) groups excluding carboxylic acids is 2. The highest BCUT2D eigenvalue weighted by Gasteiger charge is 2.39. The molecule has 1 aliphatic heterocycles. The van der Waals surface area contributed by atoms with E-state index < -0.39 is 43.6 Å². The summed E-state index contributed by atoms with van der Waals surface area (Å²) in [6.07, 6.45) is 0. The maximum absolute atomic E-state index is 13.2. The summed E-state index contributed by atoms with van der Waals surface area (Å²) in [5.74, 6) is -1.90. The Kier molecular flexibility index (Phi) is 5.49. The van der Waals surface area contributed by atoms with Crippen molar-refractivity contribution in [3.8, 4) is 5.69 Å². The second-order valence-electron chi connectivity index (χ2n) is 7.88. The second kappa shape index (κ2) is 8.59. The third-order valence-corrected chi connectivity index (χ3v) is 7.50. The van der Waals surface area contributed by atoms with E-state index >= 15 is 0 Å². The quantitative estimate of drug-likeness (QED) is 0.213. The van der Waals surface area contributed by atoms with Crippen molar-refractivity contribution in [1.29, 1.82) is 0 Å². The molecule has 1 aliphatic rings. The predicted octanol–water partition coefficient (Wildman–Crippen LogP) is 0.361. The highest BCUT2D eigenvalue weighted by Crippen LogP contribution is 2.24. The van der Waals surface area contributed by atoms with Gasteiger partial charge >= 0.3 is 17.1 Å². The molecule has 3 aromatic carbocycles. The SMILES string of the molecule is O=C1c2ccccc2C(=O)N1n1c(=O)[nH]c(=O)n(-c2ccc(S(=O)(=O)c3ccc([N+](=O)[O-])cc3)cc2)c1=O. The molecule has 0 spiro atoms. The van der Waals surface area contributed by atoms with Crippen molar-refractivity contribution in [2.24, 2.45) is 0 Å². The molecule has 0 bridgehead atoms. The van der Waals surface area contributed by atoms with Crippen molar-refractivity contribution in [3.05, 3.63) is 125 Å². The first-order valence-electron chi connectivity index (χ1n) is 10.6. The molecule has 14 nitrogen and oxygen atoms in total. The third-order valence-electron chi connectivity index (χ3n) is 5.72. The van der Waals surface area contributed by atoms with Crippen molar-refractivity contribution in [2.45, 2.75) is 9.79 Å². The number of nitro benzene ring substituents is 1. The second-order valence-corrected chi connectivity index (χ2v) is 9.83. The fraction of sp³-hybridized carbons (Fsp3) is 0. The number of rotatable bonds is 5. The standard InChI is InChI=1S/C23H13N5O9S/c29-19-17-3-1-2-4-18(17)20(30)26(19)27-22(32)24-21(31)25(23(27)33)13-5-9-15(10-6-13)38(36,37)16-11-7-14(8-12-16)28(34)35/h1-12H,(H,24,31,32). The first kappa shape index (κ1) is 24.3. The molecule has 2 heterocycles. The lowest BCUT2D eigenvalue weighted by Crippen LogP contribution is -2.59. The fourth-order valence-electron chi connectivity index (χ4n) is 3.89. The van der Waals surface area contributed by atoms with E-state index in [1.54, 1.807) is 0 Å². The Balaban J connectivity index is 1.57. The zero-order valence-corrected chi connectivity index (χ0v) is 19.6. The van der Waals surface area contributed by atoms with Crippen molar-refractivity contribution in [1.82, 2.24) is 14.2 Å². The van der Waals surface area contributed by atoms with Crippen molar-refractivity contribution < 1.29 is 22.9 Å². The van der Waals surface area contributed by atoms with Crippen LogP contribution in [0.2, 0.25) is 0 Å². The summed E-state index contributed by atoms with van der Waals surface area (Å²) >= 11 is 0. The number of imide groups is 1. The van der Waals surface area contributed by atoms with Crippen LogP contribution in [0.3, 0.4) is 0 Å². The molecule has 38 heavy (non-hydrogen) atoms. The van der Waals surface area contributed by atoms with Gasteiger partial charge in [-0.2, -0.15) is 5.01 Å². The van der Waals surface area contributed by atoms with E-state index in [1.807, 2.05) is 4.98 Å². The molecule has 0 radical (unpaired) electrons. The van der Waals surface area contributed by atoms with Crippen LogP contribution < -0.4 is 22.1 Å². The Labute approximate surface area is 210 Å². The summed E-state index contributed by atoms with van der Waals surface area (Å²) < 4.78 is 26.5. The smallest absolute Gasteiger partial charge is 0.267 e. The monoisotopic (exact) mass is 535 g/mol. The molecule has 0 aliphatic carbocycles. The molecule has 0 saturated heterocycles. The van der Waals surface area contributed by atoms with E-state index in [2.05, 4.69) is 0 Å². The van der Waals surface area contributed by atoms with Crippen molar-refractivity contribution >= 4 is 27.3 Å². The highest BCUT2D eigenvalue weighted by atomic mass is 32.2. The molecule has 5 rings (SSSR count). The minimum atomic E-state index is -4.12. The van der Waals surface area contributed by atoms with Crippen LogP contribution in [0.5, 0.6) is 0 Å². The lowest BCUT2D eigenvalue weighted by Gasteiger charge is -2.16. The normalized spacial score (nSPS) is 13.0. The van der Waals surface area contributed by atoms with Crippen LogP contribution >= 0.6 is 0 Å². The molecule has 1 aromatic heterocycles. The lowest BCUT2D eigenvalue weighted by molar-refractivity contribution is -0.384. The van der Waals surface area contributed by atoms with Crippen molar-refractivity contribution in [3.63, 3.8) is 0 Å². The number of non-ortho nitro benzene ring substituents is 1. The minimum Gasteiger partial charge on any atom is -0.267 e. The number of nitro groups is 1. The number of hydrogen-bond donors (Lipinski definition) is 1. The number of carbonyl (C=O) groups is 2. The van der Waals surface area contributed by atoms with Crippen LogP contribution in [0.25, 0.3) is 5.69 Å². The number of hydrogen-bond acceptors (Lipinski definition) is 9. The largest absolute Gasteiger partial charge is 0.360 e. The average molecular weight is 535 g/mol. The van der Waals surface area contributed by atoms with Gasteiger partial charge in [0, 0.05) is 12.1 Å². The Morgan fingerprint density at radius 3 is 1.71 bits per heavy atom. The van der Waals surface area contributed by atoms with Crippen LogP contribution in [0.15, 0.2) is 97.0 Å². The van der Waals surface area contributed by atoms with Crippen LogP contribution in [0.1, 0.15) is 20.7 Å². The summed E-state index contributed by atoms with van der Waals surface area (Å²) in [5, 5.41) is 11.1. The first-order valence-corrected chi connectivity index (χ1v) is 12.1. The first-order chi connectivity index (χ1) is 18.0. The van der Waals surface area contributed by atoms with E-state index in [0.717, 1.165) is 48.5 Å². The number of sulfone groups is 1. The van der Waals surface area contributed by atoms with Gasteiger partial charge in [0.25, 0.3) is 17.5 Å². The van der Waals surface area contributed by atoms with Gasteiger partial charge in [0.05, 0.1) is 31.5 Å². The number of H-pyrrole nitrogens is 1. The maximum atomic E-state index is 13.2. The molecule has 2 amide bonds. The highest BCUT2D eigenvalue weighted by molar-refractivity contribution is 7.91. The van der Waals surface area contributed by atoms with E-state index in [1.165, 1.54) is 24.3 Å². The van der Waals surface area contributed by atoms with Crippen LogP contribution in [-0.4, -0.2) is 39.4 Å². The van der Waals surface area contributed by atoms with E-state index in [9.17, 15) is 42.5 Å². The fourth-order valence-corrected chi connectivity index (χ4v) is 5.15. The summed E-state index contributed by atoms with van der Waals surface area (Å²) in [6.45, 7) is 0. The molecule has 0 saturated carbocycles. The molecule has 0 atom stereocenters. The van der Waals surface area contributed by atoms with E-state index in [-0.39, 0.29) is 37.0 Å². The number of amides is 2. The number of benzene rings is 3. The summed E-state index contributed by atoms with van der Waals surface area (Å²) in [7, 11) is -4.12. The lowest BCUT2D eigenvalue weighted by atomic mass is 10.1. The van der Waals surface area contributed by atoms with Gasteiger partial charge in [0.1, 0.15) is 0 Å². The molecule has 1 N–H and O–H groups in total. The van der Waals surface area contributed by atoms with Gasteiger partial charge in [0.15, 0.2) is 0 Å². The number of nitrogens with zero attached hydrogens (tertiary/aromatic N) is 4. The summed E-state index contributed by atoms with van der Waals surface area (Å²) in [6, 6.07) is 14.2. The van der Waals surface area contributed by atoms with Gasteiger partial charge in [-0.3, -0.25) is 24.7 Å². The van der Waals surface area contributed by atoms with Crippen LogP contribution in [0.4, 0.5) is 5.69 Å². The summed E-state index contributed by atoms with van der Waals surface area (Å²) in [4.78, 5) is 75.4. The number of fused-ring (bicyclic) bond motifs is 1. The molecule has 4 aromatic rings. The number of aromatic amines is 1. The van der Waals surface area contributed by atoms with Gasteiger partial charge in [-0.25, -0.2) is 27.4 Å². The Morgan fingerprint density at radius 2 is 1.21 bits per heavy atom. The van der Waals surface area contributed by atoms with Crippen LogP contribution in [-0.2, 0) is 9.84 Å². The molecular formula is C23H13N5O9S. The van der Waals surface area contributed by atoms with Crippen molar-refractivity contribution in [2.75, 3.05) is 5.01 Å². The minimum absolute atomic E-state index is 0.0395. The number of aromatic nitrogens is 3. The maximum Gasteiger partial charge on any atom is 0.360 e. The van der Waals surface area contributed by atoms with Crippen LogP contribution in [0, 0.1) is 10.1 Å². The average Bonchev–Trinajstić information content (AvgIpc) is 3.14. The van der Waals surface area contributed by atoms with E-state index in [0.29, 0.717) is 9.58 Å². The Bertz CT molecular complexity index is 1920. The van der Waals surface area contributed by atoms with Gasteiger partial charge in [0.2, 0.25) is 9.84 Å². The molecule has 190 valence electrons. The molecule has 15 heteroatoms.